The van der Waals surface area contributed by atoms with Crippen LogP contribution in [0.2, 0.25) is 0 Å². The average Bonchev–Trinajstić information content (AvgIpc) is 3.12. The molecule has 1 aromatic rings. The monoisotopic (exact) mass is 237 g/mol. The van der Waals surface area contributed by atoms with E-state index in [-0.39, 0.29) is 18.3 Å². The van der Waals surface area contributed by atoms with E-state index in [1.807, 2.05) is 0 Å². The van der Waals surface area contributed by atoms with Gasteiger partial charge in [0.1, 0.15) is 5.82 Å². The van der Waals surface area contributed by atoms with Gasteiger partial charge in [0.2, 0.25) is 5.91 Å². The van der Waals surface area contributed by atoms with Gasteiger partial charge in [-0.3, -0.25) is 4.79 Å². The Kier molecular flexibility index (Phi) is 3.43. The lowest BCUT2D eigenvalue weighted by Crippen LogP contribution is -2.35. The maximum Gasteiger partial charge on any atom is 0.228 e. The number of benzene rings is 1. The summed E-state index contributed by atoms with van der Waals surface area (Å²) in [4.78, 5) is 11.7. The van der Waals surface area contributed by atoms with Gasteiger partial charge in [0, 0.05) is 6.54 Å². The highest BCUT2D eigenvalue weighted by molar-refractivity contribution is 5.85. The molecule has 0 heterocycles. The lowest BCUT2D eigenvalue weighted by Gasteiger charge is -2.12. The molecule has 1 aromatic carbocycles. The summed E-state index contributed by atoms with van der Waals surface area (Å²) in [7, 11) is 0. The standard InChI is InChI=1S/C13H16FNO2/c14-11-3-1-10(2-4-11)5-8-15-12(17)13(9-16)6-7-13/h1-4,16H,5-9H2,(H,15,17). The number of hydrogen-bond acceptors (Lipinski definition) is 2. The van der Waals surface area contributed by atoms with Gasteiger partial charge >= 0.3 is 0 Å². The maximum absolute atomic E-state index is 12.6. The van der Waals surface area contributed by atoms with Crippen molar-refractivity contribution in [2.45, 2.75) is 19.3 Å². The normalized spacial score (nSPS) is 16.6. The van der Waals surface area contributed by atoms with Crippen LogP contribution in [0.3, 0.4) is 0 Å². The minimum atomic E-state index is -0.511. The Morgan fingerprint density at radius 3 is 2.53 bits per heavy atom. The Hall–Kier alpha value is -1.42. The topological polar surface area (TPSA) is 49.3 Å². The van der Waals surface area contributed by atoms with Gasteiger partial charge in [0.25, 0.3) is 0 Å². The van der Waals surface area contributed by atoms with Gasteiger partial charge < -0.3 is 10.4 Å². The van der Waals surface area contributed by atoms with E-state index in [2.05, 4.69) is 5.32 Å². The molecule has 0 radical (unpaired) electrons. The second kappa shape index (κ2) is 4.84. The molecular weight excluding hydrogens is 221 g/mol. The third-order valence-electron chi connectivity index (χ3n) is 3.25. The summed E-state index contributed by atoms with van der Waals surface area (Å²) in [5.74, 6) is -0.322. The van der Waals surface area contributed by atoms with Crippen LogP contribution in [0.4, 0.5) is 4.39 Å². The predicted octanol–water partition coefficient (Wildman–Crippen LogP) is 1.26. The molecular formula is C13H16FNO2. The maximum atomic E-state index is 12.6. The van der Waals surface area contributed by atoms with Crippen molar-refractivity contribution in [3.63, 3.8) is 0 Å². The van der Waals surface area contributed by atoms with Crippen molar-refractivity contribution < 1.29 is 14.3 Å². The summed E-state index contributed by atoms with van der Waals surface area (Å²) in [6.45, 7) is 0.446. The number of nitrogens with one attached hydrogen (secondary N) is 1. The van der Waals surface area contributed by atoms with Crippen molar-refractivity contribution in [3.8, 4) is 0 Å². The first-order valence-electron chi connectivity index (χ1n) is 5.80. The zero-order valence-corrected chi connectivity index (χ0v) is 9.58. The van der Waals surface area contributed by atoms with Crippen molar-refractivity contribution in [2.75, 3.05) is 13.2 Å². The van der Waals surface area contributed by atoms with Gasteiger partial charge in [-0.1, -0.05) is 12.1 Å². The Labute approximate surface area is 99.7 Å². The van der Waals surface area contributed by atoms with Crippen LogP contribution in [0.1, 0.15) is 18.4 Å². The molecule has 2 N–H and O–H groups in total. The minimum absolute atomic E-state index is 0.0675. The third kappa shape index (κ3) is 2.82. The molecule has 1 aliphatic rings. The number of hydrogen-bond donors (Lipinski definition) is 2. The highest BCUT2D eigenvalue weighted by atomic mass is 19.1. The van der Waals surface area contributed by atoms with E-state index in [0.29, 0.717) is 13.0 Å². The molecule has 0 spiro atoms. The molecule has 3 nitrogen and oxygen atoms in total. The van der Waals surface area contributed by atoms with E-state index >= 15 is 0 Å². The SMILES string of the molecule is O=C(NCCc1ccc(F)cc1)C1(CO)CC1. The highest BCUT2D eigenvalue weighted by Crippen LogP contribution is 2.45. The van der Waals surface area contributed by atoms with Crippen molar-refractivity contribution in [3.05, 3.63) is 35.6 Å². The van der Waals surface area contributed by atoms with E-state index in [0.717, 1.165) is 18.4 Å². The first kappa shape index (κ1) is 12.0. The van der Waals surface area contributed by atoms with Crippen molar-refractivity contribution in [2.24, 2.45) is 5.41 Å². The van der Waals surface area contributed by atoms with Gasteiger partial charge in [-0.15, -0.1) is 0 Å². The largest absolute Gasteiger partial charge is 0.395 e. The van der Waals surface area contributed by atoms with Crippen molar-refractivity contribution in [1.29, 1.82) is 0 Å². The number of amides is 1. The van der Waals surface area contributed by atoms with Crippen LogP contribution in [0.15, 0.2) is 24.3 Å². The van der Waals surface area contributed by atoms with Crippen LogP contribution >= 0.6 is 0 Å². The quantitative estimate of drug-likeness (QED) is 0.810. The van der Waals surface area contributed by atoms with E-state index in [1.165, 1.54) is 12.1 Å². The number of carbonyl (C=O) groups is 1. The molecule has 0 aromatic heterocycles. The van der Waals surface area contributed by atoms with Crippen LogP contribution < -0.4 is 5.32 Å². The van der Waals surface area contributed by atoms with E-state index in [9.17, 15) is 9.18 Å². The summed E-state index contributed by atoms with van der Waals surface area (Å²) in [5, 5.41) is 11.9. The molecule has 0 unspecified atom stereocenters. The minimum Gasteiger partial charge on any atom is -0.395 e. The molecule has 0 aliphatic heterocycles. The molecule has 1 saturated carbocycles. The number of halogens is 1. The fourth-order valence-corrected chi connectivity index (χ4v) is 1.77. The lowest BCUT2D eigenvalue weighted by atomic mass is 10.1. The van der Waals surface area contributed by atoms with Gasteiger partial charge in [-0.2, -0.15) is 0 Å². The average molecular weight is 237 g/mol. The van der Waals surface area contributed by atoms with Gasteiger partial charge in [-0.05, 0) is 37.0 Å². The van der Waals surface area contributed by atoms with Crippen LogP contribution in [0, 0.1) is 11.2 Å². The van der Waals surface area contributed by atoms with Crippen molar-refractivity contribution >= 4 is 5.91 Å². The molecule has 0 atom stereocenters. The van der Waals surface area contributed by atoms with Crippen LogP contribution in [-0.2, 0) is 11.2 Å². The summed E-state index contributed by atoms with van der Waals surface area (Å²) in [5.41, 5.74) is 0.476. The Bertz CT molecular complexity index is 398. The number of aliphatic hydroxyl groups is 1. The van der Waals surface area contributed by atoms with Crippen LogP contribution in [0.5, 0.6) is 0 Å². The first-order chi connectivity index (χ1) is 8.16. The van der Waals surface area contributed by atoms with E-state index in [1.54, 1.807) is 12.1 Å². The number of aliphatic hydroxyl groups excluding tert-OH is 1. The van der Waals surface area contributed by atoms with Gasteiger partial charge in [0.15, 0.2) is 0 Å². The molecule has 0 bridgehead atoms. The van der Waals surface area contributed by atoms with Gasteiger partial charge in [0.05, 0.1) is 12.0 Å². The van der Waals surface area contributed by atoms with E-state index in [4.69, 9.17) is 5.11 Å². The number of rotatable bonds is 5. The molecule has 2 rings (SSSR count). The smallest absolute Gasteiger partial charge is 0.228 e. The Morgan fingerprint density at radius 2 is 2.00 bits per heavy atom. The molecule has 1 amide bonds. The zero-order valence-electron chi connectivity index (χ0n) is 9.58. The number of carbonyl (C=O) groups excluding carboxylic acids is 1. The lowest BCUT2D eigenvalue weighted by molar-refractivity contribution is -0.127. The van der Waals surface area contributed by atoms with Crippen LogP contribution in [0.25, 0.3) is 0 Å². The molecule has 92 valence electrons. The molecule has 0 saturated heterocycles. The summed E-state index contributed by atoms with van der Waals surface area (Å²) < 4.78 is 12.6. The van der Waals surface area contributed by atoms with Crippen molar-refractivity contribution in [1.82, 2.24) is 5.32 Å². The fourth-order valence-electron chi connectivity index (χ4n) is 1.77. The molecule has 17 heavy (non-hydrogen) atoms. The predicted molar refractivity (Wildman–Crippen MR) is 61.9 cm³/mol. The first-order valence-corrected chi connectivity index (χ1v) is 5.80. The zero-order chi connectivity index (χ0) is 12.3. The van der Waals surface area contributed by atoms with E-state index < -0.39 is 5.41 Å². The summed E-state index contributed by atoms with van der Waals surface area (Å²) in [6, 6.07) is 6.24. The second-order valence-electron chi connectivity index (χ2n) is 4.57. The Morgan fingerprint density at radius 1 is 1.35 bits per heavy atom. The second-order valence-corrected chi connectivity index (χ2v) is 4.57. The summed E-state index contributed by atoms with van der Waals surface area (Å²) >= 11 is 0. The molecule has 4 heteroatoms. The molecule has 1 fully saturated rings. The third-order valence-corrected chi connectivity index (χ3v) is 3.25. The van der Waals surface area contributed by atoms with Gasteiger partial charge in [-0.25, -0.2) is 4.39 Å². The Balaban J connectivity index is 1.76. The van der Waals surface area contributed by atoms with Crippen LogP contribution in [-0.4, -0.2) is 24.2 Å². The molecule has 1 aliphatic carbocycles. The summed E-state index contributed by atoms with van der Waals surface area (Å²) in [6.07, 6.45) is 2.21. The fraction of sp³-hybridized carbons (Fsp3) is 0.462. The highest BCUT2D eigenvalue weighted by Gasteiger charge is 2.49.